The molecule has 1 aromatic rings. The first-order valence-corrected chi connectivity index (χ1v) is 6.41. The molecule has 0 aromatic heterocycles. The molecule has 0 heterocycles. The highest BCUT2D eigenvalue weighted by Gasteiger charge is 2.11. The summed E-state index contributed by atoms with van der Waals surface area (Å²) in [6, 6.07) is 4.80. The fourth-order valence-corrected chi connectivity index (χ4v) is 1.59. The fourth-order valence-electron chi connectivity index (χ4n) is 1.59. The molecule has 19 heavy (non-hydrogen) atoms. The van der Waals surface area contributed by atoms with Crippen LogP contribution < -0.4 is 16.4 Å². The molecule has 0 unspecified atom stereocenters. The first-order valence-electron chi connectivity index (χ1n) is 6.41. The zero-order valence-corrected chi connectivity index (χ0v) is 11.6. The van der Waals surface area contributed by atoms with Crippen LogP contribution in [0.25, 0.3) is 0 Å². The molecular weight excluding hydrogens is 242 g/mol. The van der Waals surface area contributed by atoms with E-state index in [1.165, 1.54) is 0 Å². The van der Waals surface area contributed by atoms with E-state index in [0.29, 0.717) is 17.8 Å². The maximum Gasteiger partial charge on any atom is 0.241 e. The average molecular weight is 263 g/mol. The summed E-state index contributed by atoms with van der Waals surface area (Å²) in [7, 11) is 0. The van der Waals surface area contributed by atoms with Gasteiger partial charge in [0, 0.05) is 17.8 Å². The number of anilines is 2. The summed E-state index contributed by atoms with van der Waals surface area (Å²) < 4.78 is 0. The molecule has 0 saturated carbocycles. The number of hydrogen-bond donors (Lipinski definition) is 3. The predicted molar refractivity (Wildman–Crippen MR) is 77.0 cm³/mol. The summed E-state index contributed by atoms with van der Waals surface area (Å²) in [5.41, 5.74) is 7.70. The van der Waals surface area contributed by atoms with E-state index in [1.54, 1.807) is 19.1 Å². The highest BCUT2D eigenvalue weighted by molar-refractivity contribution is 5.97. The molecule has 5 heteroatoms. The molecule has 0 radical (unpaired) electrons. The normalized spacial score (nSPS) is 11.8. The first kappa shape index (κ1) is 15.2. The molecule has 0 bridgehead atoms. The van der Waals surface area contributed by atoms with Gasteiger partial charge in [-0.2, -0.15) is 0 Å². The standard InChI is InChI=1S/C14H21N3O2/c1-4-6-13(18)16-11-7-5-8-12(9(11)2)17-14(19)10(3)15/h5,7-8,10H,4,6,15H2,1-3H3,(H,16,18)(H,17,19)/t10-/m1/s1. The topological polar surface area (TPSA) is 84.2 Å². The second kappa shape index (κ2) is 6.89. The van der Waals surface area contributed by atoms with Crippen LogP contribution in [0.15, 0.2) is 18.2 Å². The van der Waals surface area contributed by atoms with Crippen molar-refractivity contribution in [3.8, 4) is 0 Å². The van der Waals surface area contributed by atoms with Crippen LogP contribution in [0, 0.1) is 6.92 Å². The third kappa shape index (κ3) is 4.37. The van der Waals surface area contributed by atoms with Gasteiger partial charge >= 0.3 is 0 Å². The molecule has 1 rings (SSSR count). The van der Waals surface area contributed by atoms with Gasteiger partial charge < -0.3 is 16.4 Å². The molecule has 0 saturated heterocycles. The Balaban J connectivity index is 2.86. The molecule has 0 fully saturated rings. The van der Waals surface area contributed by atoms with Gasteiger partial charge in [-0.05, 0) is 38.0 Å². The van der Waals surface area contributed by atoms with E-state index in [1.807, 2.05) is 19.9 Å². The number of nitrogens with two attached hydrogens (primary N) is 1. The zero-order chi connectivity index (χ0) is 14.4. The molecule has 104 valence electrons. The molecule has 0 aliphatic carbocycles. The number of carbonyl (C=O) groups is 2. The van der Waals surface area contributed by atoms with Crippen LogP contribution in [-0.4, -0.2) is 17.9 Å². The van der Waals surface area contributed by atoms with E-state index in [0.717, 1.165) is 12.0 Å². The van der Waals surface area contributed by atoms with Crippen LogP contribution in [0.1, 0.15) is 32.3 Å². The van der Waals surface area contributed by atoms with Gasteiger partial charge in [0.25, 0.3) is 0 Å². The number of benzene rings is 1. The first-order chi connectivity index (χ1) is 8.95. The minimum Gasteiger partial charge on any atom is -0.326 e. The number of nitrogens with one attached hydrogen (secondary N) is 2. The minimum absolute atomic E-state index is 0.0266. The van der Waals surface area contributed by atoms with Crippen LogP contribution in [0.4, 0.5) is 11.4 Å². The maximum absolute atomic E-state index is 11.6. The van der Waals surface area contributed by atoms with Gasteiger partial charge in [-0.1, -0.05) is 13.0 Å². The Morgan fingerprint density at radius 3 is 2.37 bits per heavy atom. The Morgan fingerprint density at radius 1 is 1.26 bits per heavy atom. The van der Waals surface area contributed by atoms with E-state index in [-0.39, 0.29) is 11.8 Å². The zero-order valence-electron chi connectivity index (χ0n) is 11.6. The molecule has 4 N–H and O–H groups in total. The van der Waals surface area contributed by atoms with Crippen molar-refractivity contribution in [2.75, 3.05) is 10.6 Å². The van der Waals surface area contributed by atoms with Crippen molar-refractivity contribution in [1.82, 2.24) is 0 Å². The SMILES string of the molecule is CCCC(=O)Nc1cccc(NC(=O)[C@@H](C)N)c1C. The second-order valence-corrected chi connectivity index (χ2v) is 4.55. The van der Waals surface area contributed by atoms with E-state index in [4.69, 9.17) is 5.73 Å². The van der Waals surface area contributed by atoms with Crippen molar-refractivity contribution < 1.29 is 9.59 Å². The Hall–Kier alpha value is -1.88. The lowest BCUT2D eigenvalue weighted by Gasteiger charge is -2.14. The van der Waals surface area contributed by atoms with Gasteiger partial charge in [0.2, 0.25) is 11.8 Å². The lowest BCUT2D eigenvalue weighted by Crippen LogP contribution is -2.32. The van der Waals surface area contributed by atoms with Crippen LogP contribution in [0.3, 0.4) is 0 Å². The number of carbonyl (C=O) groups excluding carboxylic acids is 2. The van der Waals surface area contributed by atoms with Crippen LogP contribution in [0.5, 0.6) is 0 Å². The van der Waals surface area contributed by atoms with Gasteiger partial charge in [0.05, 0.1) is 6.04 Å². The summed E-state index contributed by atoms with van der Waals surface area (Å²) in [6.45, 7) is 5.42. The lowest BCUT2D eigenvalue weighted by atomic mass is 10.1. The van der Waals surface area contributed by atoms with Crippen molar-refractivity contribution in [3.63, 3.8) is 0 Å². The Morgan fingerprint density at radius 2 is 1.84 bits per heavy atom. The molecule has 5 nitrogen and oxygen atoms in total. The summed E-state index contributed by atoms with van der Waals surface area (Å²) in [5.74, 6) is -0.276. The molecule has 0 aliphatic heterocycles. The Labute approximate surface area is 113 Å². The lowest BCUT2D eigenvalue weighted by molar-refractivity contribution is -0.117. The maximum atomic E-state index is 11.6. The molecular formula is C14H21N3O2. The van der Waals surface area contributed by atoms with E-state index >= 15 is 0 Å². The minimum atomic E-state index is -0.572. The highest BCUT2D eigenvalue weighted by Crippen LogP contribution is 2.23. The van der Waals surface area contributed by atoms with Crippen LogP contribution in [0.2, 0.25) is 0 Å². The van der Waals surface area contributed by atoms with Gasteiger partial charge in [0.1, 0.15) is 0 Å². The number of rotatable bonds is 5. The van der Waals surface area contributed by atoms with E-state index < -0.39 is 6.04 Å². The molecule has 1 aromatic carbocycles. The Bertz CT molecular complexity index is 470. The number of hydrogen-bond acceptors (Lipinski definition) is 3. The molecule has 0 aliphatic rings. The van der Waals surface area contributed by atoms with Crippen LogP contribution >= 0.6 is 0 Å². The van der Waals surface area contributed by atoms with Gasteiger partial charge in [-0.25, -0.2) is 0 Å². The third-order valence-electron chi connectivity index (χ3n) is 2.76. The quantitative estimate of drug-likeness (QED) is 0.759. The summed E-state index contributed by atoms with van der Waals surface area (Å²) >= 11 is 0. The second-order valence-electron chi connectivity index (χ2n) is 4.55. The fraction of sp³-hybridized carbons (Fsp3) is 0.429. The summed E-state index contributed by atoms with van der Waals surface area (Å²) in [6.07, 6.45) is 1.28. The van der Waals surface area contributed by atoms with Gasteiger partial charge in [-0.3, -0.25) is 9.59 Å². The van der Waals surface area contributed by atoms with E-state index in [9.17, 15) is 9.59 Å². The van der Waals surface area contributed by atoms with Crippen molar-refractivity contribution in [1.29, 1.82) is 0 Å². The van der Waals surface area contributed by atoms with Gasteiger partial charge in [-0.15, -0.1) is 0 Å². The smallest absolute Gasteiger partial charge is 0.241 e. The van der Waals surface area contributed by atoms with E-state index in [2.05, 4.69) is 10.6 Å². The van der Waals surface area contributed by atoms with Crippen molar-refractivity contribution in [3.05, 3.63) is 23.8 Å². The van der Waals surface area contributed by atoms with Crippen LogP contribution in [-0.2, 0) is 9.59 Å². The van der Waals surface area contributed by atoms with Crippen molar-refractivity contribution in [2.45, 2.75) is 39.7 Å². The highest BCUT2D eigenvalue weighted by atomic mass is 16.2. The van der Waals surface area contributed by atoms with Crippen molar-refractivity contribution >= 4 is 23.2 Å². The summed E-state index contributed by atoms with van der Waals surface area (Å²) in [4.78, 5) is 23.2. The summed E-state index contributed by atoms with van der Waals surface area (Å²) in [5, 5.41) is 5.57. The number of amides is 2. The monoisotopic (exact) mass is 263 g/mol. The van der Waals surface area contributed by atoms with Crippen molar-refractivity contribution in [2.24, 2.45) is 5.73 Å². The predicted octanol–water partition coefficient (Wildman–Crippen LogP) is 2.02. The Kier molecular flexibility index (Phi) is 5.51. The van der Waals surface area contributed by atoms with Gasteiger partial charge in [0.15, 0.2) is 0 Å². The molecule has 2 amide bonds. The average Bonchev–Trinajstić information content (AvgIpc) is 2.34. The molecule has 1 atom stereocenters. The third-order valence-corrected chi connectivity index (χ3v) is 2.76. The molecule has 0 spiro atoms. The largest absolute Gasteiger partial charge is 0.326 e.